The molecule has 0 aromatic heterocycles. The van der Waals surface area contributed by atoms with E-state index in [-0.39, 0.29) is 0 Å². The van der Waals surface area contributed by atoms with Gasteiger partial charge in [-0.2, -0.15) is 0 Å². The Morgan fingerprint density at radius 1 is 1.64 bits per heavy atom. The van der Waals surface area contributed by atoms with Crippen molar-refractivity contribution >= 4 is 39.1 Å². The van der Waals surface area contributed by atoms with Crippen molar-refractivity contribution in [2.24, 2.45) is 5.73 Å². The van der Waals surface area contributed by atoms with Crippen molar-refractivity contribution in [2.45, 2.75) is 13.0 Å². The summed E-state index contributed by atoms with van der Waals surface area (Å²) in [5, 5.41) is 3.59. The third-order valence-electron chi connectivity index (χ3n) is 1.73. The molecule has 1 amide bonds. The van der Waals surface area contributed by atoms with E-state index in [0.29, 0.717) is 5.02 Å². The third kappa shape index (κ3) is 2.89. The maximum Gasteiger partial charge on any atom is 0.239 e. The molecule has 3 nitrogen and oxygen atoms in total. The Hall–Kier alpha value is -0.740. The van der Waals surface area contributed by atoms with Crippen molar-refractivity contribution in [1.82, 2.24) is 0 Å². The maximum atomic E-state index is 10.8. The molecule has 0 saturated heterocycles. The predicted octanol–water partition coefficient (Wildman–Crippen LogP) is 2.39. The predicted molar refractivity (Wildman–Crippen MR) is 61.4 cm³/mol. The second-order valence-electron chi connectivity index (χ2n) is 2.89. The van der Waals surface area contributed by atoms with E-state index in [1.165, 1.54) is 0 Å². The minimum atomic E-state index is -0.410. The van der Waals surface area contributed by atoms with E-state index < -0.39 is 11.9 Å². The standard InChI is InChI=1S/C9H10BrClN2O/c1-5(9(12)14)13-8-3-2-6(11)4-7(8)10/h2-5,13H,1H3,(H2,12,14). The highest BCUT2D eigenvalue weighted by molar-refractivity contribution is 9.10. The van der Waals surface area contributed by atoms with Gasteiger partial charge in [0.25, 0.3) is 0 Å². The van der Waals surface area contributed by atoms with Gasteiger partial charge in [-0.1, -0.05) is 11.6 Å². The molecule has 0 radical (unpaired) electrons. The first kappa shape index (κ1) is 11.3. The van der Waals surface area contributed by atoms with E-state index in [2.05, 4.69) is 21.2 Å². The van der Waals surface area contributed by atoms with Crippen molar-refractivity contribution in [3.05, 3.63) is 27.7 Å². The lowest BCUT2D eigenvalue weighted by molar-refractivity contribution is -0.118. The van der Waals surface area contributed by atoms with E-state index in [1.54, 1.807) is 25.1 Å². The molecule has 1 aromatic rings. The van der Waals surface area contributed by atoms with E-state index in [0.717, 1.165) is 10.2 Å². The van der Waals surface area contributed by atoms with Gasteiger partial charge < -0.3 is 11.1 Å². The van der Waals surface area contributed by atoms with Gasteiger partial charge >= 0.3 is 0 Å². The summed E-state index contributed by atoms with van der Waals surface area (Å²) in [5.41, 5.74) is 5.91. The van der Waals surface area contributed by atoms with Gasteiger partial charge in [-0.05, 0) is 41.1 Å². The summed E-state index contributed by atoms with van der Waals surface area (Å²) in [5.74, 6) is -0.396. The molecule has 3 N–H and O–H groups in total. The Morgan fingerprint density at radius 3 is 2.79 bits per heavy atom. The van der Waals surface area contributed by atoms with Crippen LogP contribution >= 0.6 is 27.5 Å². The molecule has 0 spiro atoms. The fourth-order valence-corrected chi connectivity index (χ4v) is 1.71. The first-order valence-electron chi connectivity index (χ1n) is 4.01. The van der Waals surface area contributed by atoms with Crippen molar-refractivity contribution in [3.63, 3.8) is 0 Å². The van der Waals surface area contributed by atoms with E-state index in [1.807, 2.05) is 0 Å². The van der Waals surface area contributed by atoms with Gasteiger partial charge in [-0.25, -0.2) is 0 Å². The number of halogens is 2. The third-order valence-corrected chi connectivity index (χ3v) is 2.62. The second kappa shape index (κ2) is 4.66. The number of nitrogens with one attached hydrogen (secondary N) is 1. The Bertz CT molecular complexity index is 357. The van der Waals surface area contributed by atoms with Crippen molar-refractivity contribution in [1.29, 1.82) is 0 Å². The van der Waals surface area contributed by atoms with Crippen LogP contribution in [0.5, 0.6) is 0 Å². The Balaban J connectivity index is 2.82. The number of rotatable bonds is 3. The van der Waals surface area contributed by atoms with E-state index >= 15 is 0 Å². The largest absolute Gasteiger partial charge is 0.373 e. The Morgan fingerprint density at radius 2 is 2.29 bits per heavy atom. The lowest BCUT2D eigenvalue weighted by Gasteiger charge is -2.13. The van der Waals surface area contributed by atoms with Crippen molar-refractivity contribution in [2.75, 3.05) is 5.32 Å². The van der Waals surface area contributed by atoms with Crippen molar-refractivity contribution < 1.29 is 4.79 Å². The molecule has 0 aliphatic rings. The zero-order valence-corrected chi connectivity index (χ0v) is 9.89. The van der Waals surface area contributed by atoms with Crippen LogP contribution in [0.15, 0.2) is 22.7 Å². The van der Waals surface area contributed by atoms with Gasteiger partial charge in [0.15, 0.2) is 0 Å². The summed E-state index contributed by atoms with van der Waals surface area (Å²) in [7, 11) is 0. The summed E-state index contributed by atoms with van der Waals surface area (Å²) in [4.78, 5) is 10.8. The van der Waals surface area contributed by atoms with E-state index in [9.17, 15) is 4.79 Å². The first-order valence-corrected chi connectivity index (χ1v) is 5.18. The van der Waals surface area contributed by atoms with Crippen LogP contribution in [0.1, 0.15) is 6.92 Å². The summed E-state index contributed by atoms with van der Waals surface area (Å²) in [6.07, 6.45) is 0. The molecule has 0 aliphatic carbocycles. The molecule has 0 heterocycles. The zero-order chi connectivity index (χ0) is 10.7. The zero-order valence-electron chi connectivity index (χ0n) is 7.55. The maximum absolute atomic E-state index is 10.8. The van der Waals surface area contributed by atoms with Crippen LogP contribution in [0.4, 0.5) is 5.69 Å². The SMILES string of the molecule is CC(Nc1ccc(Cl)cc1Br)C(N)=O. The molecular formula is C9H10BrClN2O. The molecule has 76 valence electrons. The first-order chi connectivity index (χ1) is 6.50. The van der Waals surface area contributed by atoms with Gasteiger partial charge in [0, 0.05) is 15.2 Å². The van der Waals surface area contributed by atoms with Gasteiger partial charge in [0.2, 0.25) is 5.91 Å². The Kier molecular flexibility index (Phi) is 3.77. The highest BCUT2D eigenvalue weighted by Crippen LogP contribution is 2.26. The molecule has 0 fully saturated rings. The number of anilines is 1. The molecule has 0 saturated carbocycles. The molecule has 14 heavy (non-hydrogen) atoms. The topological polar surface area (TPSA) is 55.1 Å². The average molecular weight is 278 g/mol. The van der Waals surface area contributed by atoms with E-state index in [4.69, 9.17) is 17.3 Å². The monoisotopic (exact) mass is 276 g/mol. The smallest absolute Gasteiger partial charge is 0.239 e. The van der Waals surface area contributed by atoms with Gasteiger partial charge in [-0.15, -0.1) is 0 Å². The molecule has 1 atom stereocenters. The molecule has 1 rings (SSSR count). The number of benzene rings is 1. The van der Waals surface area contributed by atoms with Crippen molar-refractivity contribution in [3.8, 4) is 0 Å². The lowest BCUT2D eigenvalue weighted by Crippen LogP contribution is -2.32. The average Bonchev–Trinajstić information content (AvgIpc) is 2.09. The molecule has 5 heteroatoms. The van der Waals surface area contributed by atoms with Crippen LogP contribution in [0.2, 0.25) is 5.02 Å². The van der Waals surface area contributed by atoms with Gasteiger partial charge in [0.05, 0.1) is 0 Å². The number of carbonyl (C=O) groups excluding carboxylic acids is 1. The quantitative estimate of drug-likeness (QED) is 0.891. The minimum absolute atomic E-state index is 0.396. The molecule has 0 aliphatic heterocycles. The molecular weight excluding hydrogens is 267 g/mol. The van der Waals surface area contributed by atoms with Crippen LogP contribution in [0, 0.1) is 0 Å². The number of amides is 1. The highest BCUT2D eigenvalue weighted by Gasteiger charge is 2.09. The number of nitrogens with two attached hydrogens (primary N) is 1. The number of hydrogen-bond donors (Lipinski definition) is 2. The summed E-state index contributed by atoms with van der Waals surface area (Å²) in [6.45, 7) is 1.70. The van der Waals surface area contributed by atoms with Gasteiger partial charge in [0.1, 0.15) is 6.04 Å². The lowest BCUT2D eigenvalue weighted by atomic mass is 10.2. The molecule has 1 aromatic carbocycles. The van der Waals surface area contributed by atoms with Crippen LogP contribution in [0.3, 0.4) is 0 Å². The van der Waals surface area contributed by atoms with Crippen LogP contribution in [0.25, 0.3) is 0 Å². The summed E-state index contributed by atoms with van der Waals surface area (Å²) < 4.78 is 0.804. The Labute approximate surface area is 95.7 Å². The number of primary amides is 1. The van der Waals surface area contributed by atoms with Crippen LogP contribution in [-0.4, -0.2) is 11.9 Å². The summed E-state index contributed by atoms with van der Waals surface area (Å²) >= 11 is 9.09. The number of carbonyl (C=O) groups is 1. The fraction of sp³-hybridized carbons (Fsp3) is 0.222. The fourth-order valence-electron chi connectivity index (χ4n) is 0.911. The van der Waals surface area contributed by atoms with Crippen LogP contribution < -0.4 is 11.1 Å². The summed E-state index contributed by atoms with van der Waals surface area (Å²) in [6, 6.07) is 4.86. The molecule has 1 unspecified atom stereocenters. The second-order valence-corrected chi connectivity index (χ2v) is 4.18. The van der Waals surface area contributed by atoms with Gasteiger partial charge in [-0.3, -0.25) is 4.79 Å². The normalized spacial score (nSPS) is 12.2. The molecule has 0 bridgehead atoms. The number of hydrogen-bond acceptors (Lipinski definition) is 2. The highest BCUT2D eigenvalue weighted by atomic mass is 79.9. The minimum Gasteiger partial charge on any atom is -0.373 e. The van der Waals surface area contributed by atoms with Crippen LogP contribution in [-0.2, 0) is 4.79 Å².